The molecule has 0 aromatic heterocycles. The zero-order valence-corrected chi connectivity index (χ0v) is 9.95. The summed E-state index contributed by atoms with van der Waals surface area (Å²) in [6.07, 6.45) is 0.373. The Hall–Kier alpha value is -0.240. The van der Waals surface area contributed by atoms with E-state index in [2.05, 4.69) is 16.9 Å². The Bertz CT molecular complexity index is 277. The quantitative estimate of drug-likeness (QED) is 0.468. The Labute approximate surface area is 90.1 Å². The number of sulfonamides is 1. The van der Waals surface area contributed by atoms with Gasteiger partial charge in [-0.05, 0) is 6.42 Å². The third-order valence-corrected chi connectivity index (χ3v) is 4.05. The van der Waals surface area contributed by atoms with Gasteiger partial charge in [-0.2, -0.15) is 0 Å². The first-order chi connectivity index (χ1) is 6.45. The van der Waals surface area contributed by atoms with Gasteiger partial charge in [-0.25, -0.2) is 13.1 Å². The summed E-state index contributed by atoms with van der Waals surface area (Å²) in [6.45, 7) is 2.28. The predicted molar refractivity (Wildman–Crippen MR) is 59.7 cm³/mol. The Morgan fingerprint density at radius 3 is 2.57 bits per heavy atom. The Kier molecular flexibility index (Phi) is 6.17. The molecule has 1 atom stereocenters. The van der Waals surface area contributed by atoms with Gasteiger partial charge in [0.25, 0.3) is 0 Å². The summed E-state index contributed by atoms with van der Waals surface area (Å²) in [7, 11) is -1.94. The molecule has 84 valence electrons. The summed E-state index contributed by atoms with van der Waals surface area (Å²) in [4.78, 5) is -0.00239. The number of nitrogens with two attached hydrogens (primary N) is 1. The number of thiocarbonyl (C=S) groups is 1. The number of rotatable bonds is 7. The molecule has 0 aromatic carbocycles. The van der Waals surface area contributed by atoms with E-state index in [1.165, 1.54) is 7.11 Å². The van der Waals surface area contributed by atoms with E-state index in [0.29, 0.717) is 13.0 Å². The lowest BCUT2D eigenvalue weighted by Gasteiger charge is -2.14. The van der Waals surface area contributed by atoms with E-state index in [1.807, 2.05) is 0 Å². The largest absolute Gasteiger partial charge is 0.392 e. The van der Waals surface area contributed by atoms with E-state index in [-0.39, 0.29) is 11.5 Å². The number of nitrogens with one attached hydrogen (secondary N) is 1. The molecule has 0 bridgehead atoms. The standard InChI is InChI=1S/C7H16N2O3S2/c1-3-6(7(8)13)14(10,11)9-4-5-12-2/h6,9H,3-5H2,1-2H3,(H2,8,13). The molecule has 0 spiro atoms. The lowest BCUT2D eigenvalue weighted by atomic mass is 10.3. The normalized spacial score (nSPS) is 13.9. The van der Waals surface area contributed by atoms with Crippen molar-refractivity contribution in [1.82, 2.24) is 4.72 Å². The van der Waals surface area contributed by atoms with Gasteiger partial charge in [-0.3, -0.25) is 0 Å². The zero-order chi connectivity index (χ0) is 11.2. The highest BCUT2D eigenvalue weighted by molar-refractivity contribution is 7.93. The fourth-order valence-corrected chi connectivity index (χ4v) is 2.82. The summed E-state index contributed by atoms with van der Waals surface area (Å²) in [6, 6.07) is 0. The third kappa shape index (κ3) is 4.32. The molecule has 0 aliphatic heterocycles. The fourth-order valence-electron chi connectivity index (χ4n) is 0.960. The van der Waals surface area contributed by atoms with Crippen molar-refractivity contribution in [2.45, 2.75) is 18.6 Å². The molecule has 0 amide bonds. The van der Waals surface area contributed by atoms with E-state index in [1.54, 1.807) is 6.92 Å². The minimum Gasteiger partial charge on any atom is -0.392 e. The van der Waals surface area contributed by atoms with Crippen molar-refractivity contribution in [3.8, 4) is 0 Å². The van der Waals surface area contributed by atoms with Crippen LogP contribution in [0.3, 0.4) is 0 Å². The van der Waals surface area contributed by atoms with Gasteiger partial charge in [-0.15, -0.1) is 0 Å². The maximum absolute atomic E-state index is 11.5. The van der Waals surface area contributed by atoms with Gasteiger partial charge in [0.15, 0.2) is 0 Å². The van der Waals surface area contributed by atoms with Gasteiger partial charge < -0.3 is 10.5 Å². The predicted octanol–water partition coefficient (Wildman–Crippen LogP) is -0.383. The van der Waals surface area contributed by atoms with Crippen LogP contribution in [0, 0.1) is 0 Å². The first kappa shape index (κ1) is 13.8. The van der Waals surface area contributed by atoms with Crippen LogP contribution in [0.15, 0.2) is 0 Å². The third-order valence-electron chi connectivity index (χ3n) is 1.67. The molecule has 7 heteroatoms. The van der Waals surface area contributed by atoms with Crippen molar-refractivity contribution in [1.29, 1.82) is 0 Å². The number of hydrogen-bond acceptors (Lipinski definition) is 4. The summed E-state index contributed by atoms with van der Waals surface area (Å²) in [5.41, 5.74) is 5.32. The summed E-state index contributed by atoms with van der Waals surface area (Å²) in [5, 5.41) is -0.797. The van der Waals surface area contributed by atoms with E-state index in [0.717, 1.165) is 0 Å². The number of methoxy groups -OCH3 is 1. The molecule has 0 aromatic rings. The van der Waals surface area contributed by atoms with Gasteiger partial charge >= 0.3 is 0 Å². The minimum atomic E-state index is -3.44. The molecule has 0 heterocycles. The van der Waals surface area contributed by atoms with Crippen LogP contribution in [-0.2, 0) is 14.8 Å². The lowest BCUT2D eigenvalue weighted by molar-refractivity contribution is 0.204. The minimum absolute atomic E-state index is 0.00239. The van der Waals surface area contributed by atoms with Gasteiger partial charge in [0.1, 0.15) is 5.25 Å². The molecular weight excluding hydrogens is 224 g/mol. The lowest BCUT2D eigenvalue weighted by Crippen LogP contribution is -2.42. The molecular formula is C7H16N2O3S2. The summed E-state index contributed by atoms with van der Waals surface area (Å²) in [5.74, 6) is 0. The maximum Gasteiger partial charge on any atom is 0.221 e. The van der Waals surface area contributed by atoms with Crippen molar-refractivity contribution in [3.05, 3.63) is 0 Å². The van der Waals surface area contributed by atoms with Crippen molar-refractivity contribution < 1.29 is 13.2 Å². The number of hydrogen-bond donors (Lipinski definition) is 2. The first-order valence-corrected chi connectivity index (χ1v) is 6.18. The van der Waals surface area contributed by atoms with Gasteiger partial charge in [-0.1, -0.05) is 19.1 Å². The van der Waals surface area contributed by atoms with E-state index < -0.39 is 15.3 Å². The highest BCUT2D eigenvalue weighted by Gasteiger charge is 2.25. The van der Waals surface area contributed by atoms with E-state index >= 15 is 0 Å². The SMILES string of the molecule is CCC(C(N)=S)S(=O)(=O)NCCOC. The van der Waals surface area contributed by atoms with Crippen LogP contribution in [0.1, 0.15) is 13.3 Å². The molecule has 0 saturated carbocycles. The van der Waals surface area contributed by atoms with Crippen LogP contribution in [0.2, 0.25) is 0 Å². The second-order valence-corrected chi connectivity index (χ2v) is 5.15. The molecule has 0 rings (SSSR count). The van der Waals surface area contributed by atoms with Gasteiger partial charge in [0.05, 0.1) is 11.6 Å². The average molecular weight is 240 g/mol. The smallest absolute Gasteiger partial charge is 0.221 e. The molecule has 14 heavy (non-hydrogen) atoms. The molecule has 3 N–H and O–H groups in total. The monoisotopic (exact) mass is 240 g/mol. The zero-order valence-electron chi connectivity index (χ0n) is 8.32. The molecule has 0 aliphatic carbocycles. The van der Waals surface area contributed by atoms with Crippen LogP contribution in [0.4, 0.5) is 0 Å². The molecule has 0 radical (unpaired) electrons. The Morgan fingerprint density at radius 1 is 1.64 bits per heavy atom. The maximum atomic E-state index is 11.5. The van der Waals surface area contributed by atoms with E-state index in [9.17, 15) is 8.42 Å². The topological polar surface area (TPSA) is 81.4 Å². The fraction of sp³-hybridized carbons (Fsp3) is 0.857. The van der Waals surface area contributed by atoms with E-state index in [4.69, 9.17) is 10.5 Å². The van der Waals surface area contributed by atoms with Gasteiger partial charge in [0.2, 0.25) is 10.0 Å². The summed E-state index contributed by atoms with van der Waals surface area (Å²) < 4.78 is 30.2. The van der Waals surface area contributed by atoms with Crippen LogP contribution >= 0.6 is 12.2 Å². The van der Waals surface area contributed by atoms with Crippen molar-refractivity contribution in [2.75, 3.05) is 20.3 Å². The van der Waals surface area contributed by atoms with Crippen LogP contribution in [0.5, 0.6) is 0 Å². The van der Waals surface area contributed by atoms with Crippen molar-refractivity contribution in [2.24, 2.45) is 5.73 Å². The highest BCUT2D eigenvalue weighted by Crippen LogP contribution is 2.04. The highest BCUT2D eigenvalue weighted by atomic mass is 32.2. The van der Waals surface area contributed by atoms with Crippen LogP contribution in [-0.4, -0.2) is 38.9 Å². The Balaban J connectivity index is 4.35. The number of ether oxygens (including phenoxy) is 1. The molecule has 0 saturated heterocycles. The molecule has 0 fully saturated rings. The average Bonchev–Trinajstić information content (AvgIpc) is 2.04. The van der Waals surface area contributed by atoms with Crippen LogP contribution in [0.25, 0.3) is 0 Å². The first-order valence-electron chi connectivity index (χ1n) is 4.22. The Morgan fingerprint density at radius 2 is 2.21 bits per heavy atom. The van der Waals surface area contributed by atoms with Crippen LogP contribution < -0.4 is 10.5 Å². The van der Waals surface area contributed by atoms with Crippen molar-refractivity contribution >= 4 is 27.2 Å². The second-order valence-electron chi connectivity index (χ2n) is 2.73. The van der Waals surface area contributed by atoms with Gasteiger partial charge in [0, 0.05) is 13.7 Å². The molecule has 0 aliphatic rings. The molecule has 5 nitrogen and oxygen atoms in total. The summed E-state index contributed by atoms with van der Waals surface area (Å²) >= 11 is 4.67. The second kappa shape index (κ2) is 6.28. The van der Waals surface area contributed by atoms with Crippen molar-refractivity contribution in [3.63, 3.8) is 0 Å². The molecule has 1 unspecified atom stereocenters.